The van der Waals surface area contributed by atoms with Crippen molar-refractivity contribution in [2.24, 2.45) is 5.92 Å². The van der Waals surface area contributed by atoms with E-state index in [0.717, 1.165) is 4.88 Å². The maximum Gasteiger partial charge on any atom is 0.393 e. The van der Waals surface area contributed by atoms with Crippen LogP contribution in [0.5, 0.6) is 0 Å². The van der Waals surface area contributed by atoms with Crippen LogP contribution in [0.4, 0.5) is 13.2 Å². The number of alkyl halides is 3. The summed E-state index contributed by atoms with van der Waals surface area (Å²) in [6, 6.07) is 3.44. The van der Waals surface area contributed by atoms with Gasteiger partial charge in [-0.2, -0.15) is 13.2 Å². The standard InChI is InChI=1S/C14H16F3N3OS/c1-9(20-6-2-4-10(8-20)14(15,16)17)12-18-19-13(21-12)11-5-3-7-22-11/h3,5,7,9-10H,2,4,6,8H2,1H3/t9-,10+/m0/s1. The van der Waals surface area contributed by atoms with E-state index in [2.05, 4.69) is 10.2 Å². The Morgan fingerprint density at radius 3 is 2.91 bits per heavy atom. The lowest BCUT2D eigenvalue weighted by Gasteiger charge is -2.36. The van der Waals surface area contributed by atoms with Gasteiger partial charge in [0.05, 0.1) is 16.8 Å². The van der Waals surface area contributed by atoms with Gasteiger partial charge in [-0.3, -0.25) is 4.90 Å². The van der Waals surface area contributed by atoms with Crippen molar-refractivity contribution in [3.05, 3.63) is 23.4 Å². The van der Waals surface area contributed by atoms with E-state index in [0.29, 0.717) is 24.7 Å². The summed E-state index contributed by atoms with van der Waals surface area (Å²) >= 11 is 1.48. The zero-order valence-electron chi connectivity index (χ0n) is 12.0. The number of piperidine rings is 1. The fourth-order valence-electron chi connectivity index (χ4n) is 2.68. The van der Waals surface area contributed by atoms with Gasteiger partial charge in [-0.25, -0.2) is 0 Å². The van der Waals surface area contributed by atoms with E-state index in [1.165, 1.54) is 11.3 Å². The molecule has 0 amide bonds. The molecule has 0 radical (unpaired) electrons. The lowest BCUT2D eigenvalue weighted by molar-refractivity contribution is -0.188. The van der Waals surface area contributed by atoms with E-state index in [1.54, 1.807) is 4.90 Å². The van der Waals surface area contributed by atoms with Crippen LogP contribution in [-0.4, -0.2) is 34.4 Å². The topological polar surface area (TPSA) is 42.2 Å². The second kappa shape index (κ2) is 6.00. The molecule has 0 N–H and O–H groups in total. The highest BCUT2D eigenvalue weighted by Gasteiger charge is 2.43. The molecule has 8 heteroatoms. The van der Waals surface area contributed by atoms with Crippen LogP contribution in [0, 0.1) is 5.92 Å². The molecule has 1 aliphatic rings. The predicted molar refractivity (Wildman–Crippen MR) is 76.4 cm³/mol. The van der Waals surface area contributed by atoms with Crippen molar-refractivity contribution < 1.29 is 17.6 Å². The molecule has 0 aliphatic carbocycles. The van der Waals surface area contributed by atoms with Gasteiger partial charge < -0.3 is 4.42 Å². The van der Waals surface area contributed by atoms with Crippen molar-refractivity contribution in [2.75, 3.05) is 13.1 Å². The average molecular weight is 331 g/mol. The highest BCUT2D eigenvalue weighted by molar-refractivity contribution is 7.13. The fraction of sp³-hybridized carbons (Fsp3) is 0.571. The summed E-state index contributed by atoms with van der Waals surface area (Å²) in [4.78, 5) is 2.63. The monoisotopic (exact) mass is 331 g/mol. The van der Waals surface area contributed by atoms with E-state index in [4.69, 9.17) is 4.42 Å². The smallest absolute Gasteiger partial charge is 0.393 e. The Balaban J connectivity index is 1.72. The van der Waals surface area contributed by atoms with Crippen LogP contribution in [0.2, 0.25) is 0 Å². The molecule has 1 aliphatic heterocycles. The van der Waals surface area contributed by atoms with Crippen LogP contribution in [0.1, 0.15) is 31.7 Å². The molecule has 0 bridgehead atoms. The van der Waals surface area contributed by atoms with Crippen LogP contribution in [-0.2, 0) is 0 Å². The number of thiophene rings is 1. The summed E-state index contributed by atoms with van der Waals surface area (Å²) in [5, 5.41) is 9.89. The fourth-order valence-corrected chi connectivity index (χ4v) is 3.33. The Hall–Kier alpha value is -1.41. The molecule has 2 aromatic heterocycles. The Labute approximate surface area is 130 Å². The molecule has 3 rings (SSSR count). The maximum absolute atomic E-state index is 12.9. The van der Waals surface area contributed by atoms with E-state index in [9.17, 15) is 13.2 Å². The molecular formula is C14H16F3N3OS. The molecule has 1 fully saturated rings. The zero-order chi connectivity index (χ0) is 15.7. The molecule has 0 saturated carbocycles. The Bertz CT molecular complexity index is 611. The van der Waals surface area contributed by atoms with E-state index in [-0.39, 0.29) is 19.0 Å². The van der Waals surface area contributed by atoms with Crippen LogP contribution >= 0.6 is 11.3 Å². The number of rotatable bonds is 3. The molecule has 0 unspecified atom stereocenters. The van der Waals surface area contributed by atoms with Crippen molar-refractivity contribution in [1.29, 1.82) is 0 Å². The summed E-state index contributed by atoms with van der Waals surface area (Å²) in [5.41, 5.74) is 0. The third kappa shape index (κ3) is 3.17. The molecule has 0 aromatic carbocycles. The van der Waals surface area contributed by atoms with Gasteiger partial charge in [0.15, 0.2) is 0 Å². The first-order valence-corrected chi connectivity index (χ1v) is 8.01. The van der Waals surface area contributed by atoms with Crippen molar-refractivity contribution in [3.63, 3.8) is 0 Å². The second-order valence-corrected chi connectivity index (χ2v) is 6.42. The third-order valence-corrected chi connectivity index (χ3v) is 4.85. The number of hydrogen-bond donors (Lipinski definition) is 0. The summed E-state index contributed by atoms with van der Waals surface area (Å²) in [6.07, 6.45) is -3.42. The SMILES string of the molecule is C[C@@H](c1nnc(-c2cccs2)o1)N1CCC[C@@H](C(F)(F)F)C1. The summed E-state index contributed by atoms with van der Waals surface area (Å²) in [5.74, 6) is -0.490. The molecule has 2 aromatic rings. The Morgan fingerprint density at radius 2 is 2.23 bits per heavy atom. The van der Waals surface area contributed by atoms with Crippen molar-refractivity contribution >= 4 is 11.3 Å². The predicted octanol–water partition coefficient (Wildman–Crippen LogP) is 4.13. The first kappa shape index (κ1) is 15.5. The zero-order valence-corrected chi connectivity index (χ0v) is 12.8. The van der Waals surface area contributed by atoms with Crippen molar-refractivity contribution in [1.82, 2.24) is 15.1 Å². The molecule has 22 heavy (non-hydrogen) atoms. The van der Waals surface area contributed by atoms with Gasteiger partial charge in [0, 0.05) is 6.54 Å². The van der Waals surface area contributed by atoms with Crippen LogP contribution < -0.4 is 0 Å². The molecular weight excluding hydrogens is 315 g/mol. The van der Waals surface area contributed by atoms with E-state index in [1.807, 2.05) is 24.4 Å². The molecule has 2 atom stereocenters. The van der Waals surface area contributed by atoms with E-state index < -0.39 is 12.1 Å². The Morgan fingerprint density at radius 1 is 1.41 bits per heavy atom. The summed E-state index contributed by atoms with van der Waals surface area (Å²) in [6.45, 7) is 2.41. The maximum atomic E-state index is 12.9. The van der Waals surface area contributed by atoms with Crippen molar-refractivity contribution in [3.8, 4) is 10.8 Å². The largest absolute Gasteiger partial charge is 0.418 e. The van der Waals surface area contributed by atoms with Gasteiger partial charge in [0.25, 0.3) is 5.89 Å². The number of aromatic nitrogens is 2. The normalized spacial score (nSPS) is 21.9. The molecule has 0 spiro atoms. The molecule has 4 nitrogen and oxygen atoms in total. The number of likely N-dealkylation sites (tertiary alicyclic amines) is 1. The highest BCUT2D eigenvalue weighted by atomic mass is 32.1. The van der Waals surface area contributed by atoms with Crippen LogP contribution in [0.3, 0.4) is 0 Å². The minimum Gasteiger partial charge on any atom is -0.418 e. The summed E-state index contributed by atoms with van der Waals surface area (Å²) in [7, 11) is 0. The number of halogens is 3. The summed E-state index contributed by atoms with van der Waals surface area (Å²) < 4.78 is 44.3. The minimum atomic E-state index is -4.14. The lowest BCUT2D eigenvalue weighted by Crippen LogP contribution is -2.42. The molecule has 3 heterocycles. The van der Waals surface area contributed by atoms with Gasteiger partial charge in [0.2, 0.25) is 5.89 Å². The quantitative estimate of drug-likeness (QED) is 0.848. The van der Waals surface area contributed by atoms with Gasteiger partial charge in [-0.05, 0) is 37.8 Å². The third-order valence-electron chi connectivity index (χ3n) is 3.99. The van der Waals surface area contributed by atoms with Crippen LogP contribution in [0.15, 0.2) is 21.9 Å². The average Bonchev–Trinajstić information content (AvgIpc) is 3.16. The second-order valence-electron chi connectivity index (χ2n) is 5.47. The Kier molecular flexibility index (Phi) is 4.22. The first-order chi connectivity index (χ1) is 10.4. The number of hydrogen-bond acceptors (Lipinski definition) is 5. The molecule has 1 saturated heterocycles. The van der Waals surface area contributed by atoms with Crippen molar-refractivity contribution in [2.45, 2.75) is 32.0 Å². The van der Waals surface area contributed by atoms with Gasteiger partial charge in [0.1, 0.15) is 0 Å². The van der Waals surface area contributed by atoms with Gasteiger partial charge in [-0.15, -0.1) is 21.5 Å². The number of nitrogens with zero attached hydrogens (tertiary/aromatic N) is 3. The van der Waals surface area contributed by atoms with Gasteiger partial charge in [-0.1, -0.05) is 6.07 Å². The minimum absolute atomic E-state index is 0.0125. The van der Waals surface area contributed by atoms with Crippen LogP contribution in [0.25, 0.3) is 10.8 Å². The highest BCUT2D eigenvalue weighted by Crippen LogP contribution is 2.36. The lowest BCUT2D eigenvalue weighted by atomic mass is 9.96. The molecule has 120 valence electrons. The van der Waals surface area contributed by atoms with E-state index >= 15 is 0 Å². The van der Waals surface area contributed by atoms with Gasteiger partial charge >= 0.3 is 6.18 Å². The first-order valence-electron chi connectivity index (χ1n) is 7.13.